The number of carbonyl (C=O) groups excluding carboxylic acids is 2. The number of hydrogen-bond acceptors (Lipinski definition) is 3. The van der Waals surface area contributed by atoms with Crippen LogP contribution in [0.4, 0.5) is 4.39 Å². The topological polar surface area (TPSA) is 49.4 Å². The van der Waals surface area contributed by atoms with Gasteiger partial charge in [0.2, 0.25) is 11.8 Å². The van der Waals surface area contributed by atoms with Gasteiger partial charge in [0, 0.05) is 29.4 Å². The highest BCUT2D eigenvalue weighted by atomic mass is 35.5. The van der Waals surface area contributed by atoms with E-state index in [2.05, 4.69) is 5.32 Å². The monoisotopic (exact) mass is 504 g/mol. The molecule has 0 saturated heterocycles. The molecular weight excluding hydrogens is 482 g/mol. The molecule has 0 radical (unpaired) electrons. The van der Waals surface area contributed by atoms with Gasteiger partial charge in [-0.05, 0) is 43.2 Å². The van der Waals surface area contributed by atoms with Crippen LogP contribution in [0.25, 0.3) is 0 Å². The highest BCUT2D eigenvalue weighted by Crippen LogP contribution is 2.26. The fourth-order valence-electron chi connectivity index (χ4n) is 3.04. The SMILES string of the molecule is CCNC(=O)[C@H](CC)N(Cc1ccc(Cl)c(Cl)c1)C(=O)CSCc1c(F)cccc1Cl. The first-order valence-corrected chi connectivity index (χ1v) is 12.1. The second kappa shape index (κ2) is 12.5. The Hall–Kier alpha value is -1.47. The van der Waals surface area contributed by atoms with Gasteiger partial charge in [-0.2, -0.15) is 0 Å². The van der Waals surface area contributed by atoms with Gasteiger partial charge in [0.1, 0.15) is 11.9 Å². The van der Waals surface area contributed by atoms with Crippen LogP contribution in [0.1, 0.15) is 31.4 Å². The van der Waals surface area contributed by atoms with Crippen LogP contribution in [0.2, 0.25) is 15.1 Å². The summed E-state index contributed by atoms with van der Waals surface area (Å²) < 4.78 is 14.0. The molecule has 0 aliphatic carbocycles. The molecule has 2 aromatic rings. The summed E-state index contributed by atoms with van der Waals surface area (Å²) >= 11 is 19.4. The molecule has 0 aromatic heterocycles. The number of likely N-dealkylation sites (N-methyl/N-ethyl adjacent to an activating group) is 1. The van der Waals surface area contributed by atoms with E-state index in [-0.39, 0.29) is 29.9 Å². The normalized spacial score (nSPS) is 11.8. The average molecular weight is 506 g/mol. The van der Waals surface area contributed by atoms with Crippen molar-refractivity contribution in [2.24, 2.45) is 0 Å². The van der Waals surface area contributed by atoms with Crippen LogP contribution in [0, 0.1) is 5.82 Å². The lowest BCUT2D eigenvalue weighted by Gasteiger charge is -2.30. The van der Waals surface area contributed by atoms with Gasteiger partial charge in [0.05, 0.1) is 15.8 Å². The minimum absolute atomic E-state index is 0.0713. The Morgan fingerprint density at radius 1 is 1.10 bits per heavy atom. The molecule has 2 amide bonds. The molecular formula is C22H24Cl3FN2O2S. The van der Waals surface area contributed by atoms with Crippen LogP contribution < -0.4 is 5.32 Å². The largest absolute Gasteiger partial charge is 0.355 e. The number of carbonyl (C=O) groups is 2. The van der Waals surface area contributed by atoms with Crippen molar-refractivity contribution in [1.29, 1.82) is 0 Å². The van der Waals surface area contributed by atoms with E-state index in [1.165, 1.54) is 28.8 Å². The van der Waals surface area contributed by atoms with Crippen molar-refractivity contribution in [2.45, 2.75) is 38.6 Å². The lowest BCUT2D eigenvalue weighted by Crippen LogP contribution is -2.49. The molecule has 0 bridgehead atoms. The molecule has 0 fully saturated rings. The molecule has 1 atom stereocenters. The lowest BCUT2D eigenvalue weighted by atomic mass is 10.1. The number of rotatable bonds is 10. The Bertz CT molecular complexity index is 909. The predicted octanol–water partition coefficient (Wildman–Crippen LogP) is 5.96. The first-order chi connectivity index (χ1) is 14.8. The van der Waals surface area contributed by atoms with Crippen molar-refractivity contribution in [3.8, 4) is 0 Å². The maximum absolute atomic E-state index is 14.0. The van der Waals surface area contributed by atoms with E-state index in [1.807, 2.05) is 13.8 Å². The second-order valence-corrected chi connectivity index (χ2v) is 8.99. The summed E-state index contributed by atoms with van der Waals surface area (Å²) in [5.41, 5.74) is 1.11. The van der Waals surface area contributed by atoms with Crippen LogP contribution in [0.3, 0.4) is 0 Å². The third-order valence-electron chi connectivity index (χ3n) is 4.61. The van der Waals surface area contributed by atoms with Crippen LogP contribution in [-0.4, -0.2) is 35.1 Å². The number of nitrogens with one attached hydrogen (secondary N) is 1. The summed E-state index contributed by atoms with van der Waals surface area (Å²) in [6, 6.07) is 8.95. The molecule has 0 aliphatic heterocycles. The molecule has 9 heteroatoms. The fraction of sp³-hybridized carbons (Fsp3) is 0.364. The maximum Gasteiger partial charge on any atom is 0.242 e. The van der Waals surface area contributed by atoms with Crippen molar-refractivity contribution >= 4 is 58.4 Å². The number of thioether (sulfide) groups is 1. The molecule has 2 rings (SSSR count). The van der Waals surface area contributed by atoms with Gasteiger partial charge in [0.15, 0.2) is 0 Å². The maximum atomic E-state index is 14.0. The van der Waals surface area contributed by atoms with E-state index >= 15 is 0 Å². The Labute approximate surface area is 201 Å². The van der Waals surface area contributed by atoms with Crippen molar-refractivity contribution in [1.82, 2.24) is 10.2 Å². The highest BCUT2D eigenvalue weighted by Gasteiger charge is 2.28. The van der Waals surface area contributed by atoms with Crippen molar-refractivity contribution < 1.29 is 14.0 Å². The van der Waals surface area contributed by atoms with Crippen LogP contribution in [-0.2, 0) is 21.9 Å². The van der Waals surface area contributed by atoms with Gasteiger partial charge in [0.25, 0.3) is 0 Å². The minimum atomic E-state index is -0.639. The van der Waals surface area contributed by atoms with Crippen molar-refractivity contribution in [3.63, 3.8) is 0 Å². The smallest absolute Gasteiger partial charge is 0.242 e. The molecule has 1 N–H and O–H groups in total. The standard InChI is InChI=1S/C22H24Cl3FN2O2S/c1-3-20(22(30)27-4-2)28(11-14-8-9-17(24)18(25)10-14)21(29)13-31-12-15-16(23)6-5-7-19(15)26/h5-10,20H,3-4,11-13H2,1-2H3,(H,27,30)/t20-/m0/s1. The van der Waals surface area contributed by atoms with Gasteiger partial charge in [-0.25, -0.2) is 4.39 Å². The number of benzene rings is 2. The second-order valence-electron chi connectivity index (χ2n) is 6.78. The predicted molar refractivity (Wildman–Crippen MR) is 127 cm³/mol. The quantitative estimate of drug-likeness (QED) is 0.433. The molecule has 0 heterocycles. The zero-order chi connectivity index (χ0) is 23.0. The highest BCUT2D eigenvalue weighted by molar-refractivity contribution is 7.99. The summed E-state index contributed by atoms with van der Waals surface area (Å²) in [4.78, 5) is 27.2. The van der Waals surface area contributed by atoms with Crippen molar-refractivity contribution in [3.05, 3.63) is 68.4 Å². The van der Waals surface area contributed by atoms with Crippen LogP contribution in [0.5, 0.6) is 0 Å². The number of amides is 2. The van der Waals surface area contributed by atoms with Gasteiger partial charge >= 0.3 is 0 Å². The number of nitrogens with zero attached hydrogens (tertiary/aromatic N) is 1. The number of halogens is 4. The first kappa shape index (κ1) is 25.8. The van der Waals surface area contributed by atoms with E-state index in [9.17, 15) is 14.0 Å². The van der Waals surface area contributed by atoms with Crippen molar-refractivity contribution in [2.75, 3.05) is 12.3 Å². The molecule has 2 aromatic carbocycles. The van der Waals surface area contributed by atoms with Crippen LogP contribution >= 0.6 is 46.6 Å². The molecule has 4 nitrogen and oxygen atoms in total. The summed E-state index contributed by atoms with van der Waals surface area (Å²) in [6.45, 7) is 4.34. The first-order valence-electron chi connectivity index (χ1n) is 9.80. The lowest BCUT2D eigenvalue weighted by molar-refractivity contribution is -0.139. The zero-order valence-electron chi connectivity index (χ0n) is 17.3. The Balaban J connectivity index is 2.18. The van der Waals surface area contributed by atoms with E-state index < -0.39 is 11.9 Å². The molecule has 0 saturated carbocycles. The zero-order valence-corrected chi connectivity index (χ0v) is 20.3. The van der Waals surface area contributed by atoms with Gasteiger partial charge in [-0.3, -0.25) is 9.59 Å². The fourth-order valence-corrected chi connectivity index (χ4v) is 4.61. The van der Waals surface area contributed by atoms with Crippen LogP contribution in [0.15, 0.2) is 36.4 Å². The summed E-state index contributed by atoms with van der Waals surface area (Å²) in [6.07, 6.45) is 0.447. The molecule has 168 valence electrons. The van der Waals surface area contributed by atoms with E-state index in [4.69, 9.17) is 34.8 Å². The van der Waals surface area contributed by atoms with Gasteiger partial charge in [-0.1, -0.05) is 53.9 Å². The third kappa shape index (κ3) is 7.28. The average Bonchev–Trinajstić information content (AvgIpc) is 2.72. The van der Waals surface area contributed by atoms with Gasteiger partial charge < -0.3 is 10.2 Å². The third-order valence-corrected chi connectivity index (χ3v) is 6.64. The summed E-state index contributed by atoms with van der Waals surface area (Å²) in [7, 11) is 0. The van der Waals surface area contributed by atoms with Gasteiger partial charge in [-0.15, -0.1) is 11.8 Å². The Morgan fingerprint density at radius 3 is 2.45 bits per heavy atom. The molecule has 0 spiro atoms. The minimum Gasteiger partial charge on any atom is -0.355 e. The number of hydrogen-bond donors (Lipinski definition) is 1. The summed E-state index contributed by atoms with van der Waals surface area (Å²) in [5, 5.41) is 3.89. The van der Waals surface area contributed by atoms with E-state index in [0.717, 1.165) is 5.56 Å². The Morgan fingerprint density at radius 2 is 1.84 bits per heavy atom. The van der Waals surface area contributed by atoms with E-state index in [1.54, 1.807) is 24.3 Å². The molecule has 0 unspecified atom stereocenters. The summed E-state index contributed by atoms with van der Waals surface area (Å²) in [5.74, 6) is -0.548. The molecule has 0 aliphatic rings. The Kier molecular flexibility index (Phi) is 10.4. The molecule has 31 heavy (non-hydrogen) atoms. The van der Waals surface area contributed by atoms with E-state index in [0.29, 0.717) is 33.6 Å².